The number of hydrogen-bond donors (Lipinski definition) is 2. The molecule has 0 radical (unpaired) electrons. The van der Waals surface area contributed by atoms with Gasteiger partial charge < -0.3 is 15.8 Å². The fourth-order valence-electron chi connectivity index (χ4n) is 2.03. The van der Waals surface area contributed by atoms with Crippen molar-refractivity contribution in [1.82, 2.24) is 0 Å². The average molecular weight is 270 g/mol. The van der Waals surface area contributed by atoms with Gasteiger partial charge in [0.1, 0.15) is 5.75 Å². The van der Waals surface area contributed by atoms with Crippen molar-refractivity contribution in [2.24, 2.45) is 0 Å². The summed E-state index contributed by atoms with van der Waals surface area (Å²) >= 11 is 0. The van der Waals surface area contributed by atoms with Gasteiger partial charge in [-0.15, -0.1) is 0 Å². The van der Waals surface area contributed by atoms with Crippen molar-refractivity contribution < 1.29 is 9.53 Å². The molecule has 0 heterocycles. The summed E-state index contributed by atoms with van der Waals surface area (Å²) in [4.78, 5) is 12.0. The lowest BCUT2D eigenvalue weighted by Crippen LogP contribution is -2.15. The molecule has 0 fully saturated rings. The largest absolute Gasteiger partial charge is 0.496 e. The zero-order valence-corrected chi connectivity index (χ0v) is 11.6. The highest BCUT2D eigenvalue weighted by atomic mass is 16.5. The highest BCUT2D eigenvalue weighted by molar-refractivity contribution is 5.93. The molecule has 0 unspecified atom stereocenters. The molecule has 20 heavy (non-hydrogen) atoms. The van der Waals surface area contributed by atoms with E-state index in [1.165, 1.54) is 0 Å². The van der Waals surface area contributed by atoms with Gasteiger partial charge in [0.15, 0.2) is 0 Å². The fraction of sp³-hybridized carbons (Fsp3) is 0.188. The summed E-state index contributed by atoms with van der Waals surface area (Å²) in [5, 5.41) is 2.86. The van der Waals surface area contributed by atoms with E-state index in [9.17, 15) is 4.79 Å². The minimum atomic E-state index is -0.0903. The second kappa shape index (κ2) is 6.10. The van der Waals surface area contributed by atoms with E-state index in [0.717, 1.165) is 22.6 Å². The first-order valence-corrected chi connectivity index (χ1v) is 6.38. The molecular formula is C16H18N2O2. The molecule has 0 bridgehead atoms. The van der Waals surface area contributed by atoms with Crippen LogP contribution in [0, 0.1) is 6.92 Å². The standard InChI is InChI=1S/C16H18N2O2/c1-11-9-13(7-8-15(11)20-2)18-16(19)10-12-5-3-4-6-14(12)17/h3-9H,10,17H2,1-2H3,(H,18,19). The van der Waals surface area contributed by atoms with Crippen LogP contribution in [0.2, 0.25) is 0 Å². The Morgan fingerprint density at radius 1 is 1.25 bits per heavy atom. The van der Waals surface area contributed by atoms with E-state index < -0.39 is 0 Å². The van der Waals surface area contributed by atoms with Gasteiger partial charge in [0.2, 0.25) is 5.91 Å². The average Bonchev–Trinajstić information content (AvgIpc) is 2.41. The number of amides is 1. The summed E-state index contributed by atoms with van der Waals surface area (Å²) in [6.45, 7) is 1.93. The van der Waals surface area contributed by atoms with Gasteiger partial charge in [-0.25, -0.2) is 0 Å². The molecule has 2 aromatic rings. The third-order valence-electron chi connectivity index (χ3n) is 3.08. The van der Waals surface area contributed by atoms with Crippen LogP contribution >= 0.6 is 0 Å². The molecule has 0 spiro atoms. The number of benzene rings is 2. The monoisotopic (exact) mass is 270 g/mol. The minimum Gasteiger partial charge on any atom is -0.496 e. The van der Waals surface area contributed by atoms with Crippen LogP contribution in [0.5, 0.6) is 5.75 Å². The summed E-state index contributed by atoms with van der Waals surface area (Å²) in [6.07, 6.45) is 0.262. The number of rotatable bonds is 4. The maximum Gasteiger partial charge on any atom is 0.228 e. The van der Waals surface area contributed by atoms with Crippen LogP contribution in [0.1, 0.15) is 11.1 Å². The number of nitrogen functional groups attached to an aromatic ring is 1. The quantitative estimate of drug-likeness (QED) is 0.840. The number of carbonyl (C=O) groups excluding carboxylic acids is 1. The highest BCUT2D eigenvalue weighted by Gasteiger charge is 2.07. The van der Waals surface area contributed by atoms with E-state index in [1.807, 2.05) is 43.3 Å². The smallest absolute Gasteiger partial charge is 0.228 e. The lowest BCUT2D eigenvalue weighted by Gasteiger charge is -2.10. The van der Waals surface area contributed by atoms with E-state index in [-0.39, 0.29) is 12.3 Å². The van der Waals surface area contributed by atoms with Crippen LogP contribution in [0.25, 0.3) is 0 Å². The van der Waals surface area contributed by atoms with Crippen LogP contribution in [-0.4, -0.2) is 13.0 Å². The first-order valence-electron chi connectivity index (χ1n) is 6.38. The van der Waals surface area contributed by atoms with Gasteiger partial charge >= 0.3 is 0 Å². The van der Waals surface area contributed by atoms with Gasteiger partial charge in [0, 0.05) is 11.4 Å². The normalized spacial score (nSPS) is 10.1. The molecule has 1 amide bonds. The Morgan fingerprint density at radius 2 is 2.00 bits per heavy atom. The molecule has 0 saturated carbocycles. The van der Waals surface area contributed by atoms with Crippen molar-refractivity contribution in [2.45, 2.75) is 13.3 Å². The van der Waals surface area contributed by atoms with Crippen molar-refractivity contribution >= 4 is 17.3 Å². The molecule has 3 N–H and O–H groups in total. The Hall–Kier alpha value is -2.49. The van der Waals surface area contributed by atoms with Gasteiger partial charge in [-0.1, -0.05) is 18.2 Å². The number of carbonyl (C=O) groups is 1. The number of para-hydroxylation sites is 1. The molecule has 2 rings (SSSR count). The van der Waals surface area contributed by atoms with Crippen LogP contribution < -0.4 is 15.8 Å². The number of anilines is 2. The van der Waals surface area contributed by atoms with E-state index in [1.54, 1.807) is 13.2 Å². The topological polar surface area (TPSA) is 64.3 Å². The second-order valence-electron chi connectivity index (χ2n) is 4.61. The summed E-state index contributed by atoms with van der Waals surface area (Å²) in [5.41, 5.74) is 9.02. The fourth-order valence-corrected chi connectivity index (χ4v) is 2.03. The van der Waals surface area contributed by atoms with Gasteiger partial charge in [0.05, 0.1) is 13.5 Å². The summed E-state index contributed by atoms with van der Waals surface area (Å²) in [7, 11) is 1.62. The SMILES string of the molecule is COc1ccc(NC(=O)Cc2ccccc2N)cc1C. The Kier molecular flexibility index (Phi) is 4.25. The van der Waals surface area contributed by atoms with E-state index in [4.69, 9.17) is 10.5 Å². The maximum absolute atomic E-state index is 12.0. The molecule has 0 aliphatic rings. The van der Waals surface area contributed by atoms with Crippen molar-refractivity contribution in [2.75, 3.05) is 18.2 Å². The zero-order valence-electron chi connectivity index (χ0n) is 11.6. The number of nitrogens with one attached hydrogen (secondary N) is 1. The summed E-state index contributed by atoms with van der Waals surface area (Å²) in [6, 6.07) is 12.9. The second-order valence-corrected chi connectivity index (χ2v) is 4.61. The number of ether oxygens (including phenoxy) is 1. The first kappa shape index (κ1) is 13.9. The molecule has 0 aliphatic carbocycles. The Morgan fingerprint density at radius 3 is 2.65 bits per heavy atom. The predicted molar refractivity (Wildman–Crippen MR) is 80.9 cm³/mol. The van der Waals surface area contributed by atoms with Gasteiger partial charge in [-0.3, -0.25) is 4.79 Å². The molecule has 0 atom stereocenters. The summed E-state index contributed by atoms with van der Waals surface area (Å²) < 4.78 is 5.19. The Labute approximate surface area is 118 Å². The van der Waals surface area contributed by atoms with Crippen molar-refractivity contribution in [1.29, 1.82) is 0 Å². The molecule has 0 aliphatic heterocycles. The third kappa shape index (κ3) is 3.29. The molecule has 4 heteroatoms. The summed E-state index contributed by atoms with van der Waals surface area (Å²) in [5.74, 6) is 0.711. The van der Waals surface area contributed by atoms with Crippen LogP contribution in [-0.2, 0) is 11.2 Å². The zero-order chi connectivity index (χ0) is 14.5. The molecule has 0 saturated heterocycles. The van der Waals surface area contributed by atoms with Crippen molar-refractivity contribution in [3.8, 4) is 5.75 Å². The molecule has 0 aromatic heterocycles. The van der Waals surface area contributed by atoms with E-state index in [0.29, 0.717) is 5.69 Å². The number of nitrogens with two attached hydrogens (primary N) is 1. The third-order valence-corrected chi connectivity index (χ3v) is 3.08. The molecule has 4 nitrogen and oxygen atoms in total. The minimum absolute atomic E-state index is 0.0903. The first-order chi connectivity index (χ1) is 9.60. The van der Waals surface area contributed by atoms with Gasteiger partial charge in [0.25, 0.3) is 0 Å². The molecular weight excluding hydrogens is 252 g/mol. The number of hydrogen-bond acceptors (Lipinski definition) is 3. The van der Waals surface area contributed by atoms with Gasteiger partial charge in [-0.2, -0.15) is 0 Å². The molecule has 2 aromatic carbocycles. The number of methoxy groups -OCH3 is 1. The van der Waals surface area contributed by atoms with Crippen molar-refractivity contribution in [3.05, 3.63) is 53.6 Å². The maximum atomic E-state index is 12.0. The van der Waals surface area contributed by atoms with Crippen LogP contribution in [0.3, 0.4) is 0 Å². The Balaban J connectivity index is 2.05. The predicted octanol–water partition coefficient (Wildman–Crippen LogP) is 2.77. The highest BCUT2D eigenvalue weighted by Crippen LogP contribution is 2.21. The van der Waals surface area contributed by atoms with Crippen LogP contribution in [0.4, 0.5) is 11.4 Å². The van der Waals surface area contributed by atoms with Crippen LogP contribution in [0.15, 0.2) is 42.5 Å². The van der Waals surface area contributed by atoms with Crippen molar-refractivity contribution in [3.63, 3.8) is 0 Å². The molecule has 104 valence electrons. The van der Waals surface area contributed by atoms with Gasteiger partial charge in [-0.05, 0) is 42.3 Å². The van der Waals surface area contributed by atoms with E-state index in [2.05, 4.69) is 5.32 Å². The van der Waals surface area contributed by atoms with E-state index >= 15 is 0 Å². The number of aryl methyl sites for hydroxylation is 1. The lowest BCUT2D eigenvalue weighted by atomic mass is 10.1. The Bertz CT molecular complexity index is 624. The lowest BCUT2D eigenvalue weighted by molar-refractivity contribution is -0.115.